The van der Waals surface area contributed by atoms with Crippen LogP contribution in [0.2, 0.25) is 0 Å². The zero-order valence-electron chi connectivity index (χ0n) is 20.4. The van der Waals surface area contributed by atoms with Crippen molar-refractivity contribution in [2.24, 2.45) is 28.6 Å². The summed E-state index contributed by atoms with van der Waals surface area (Å²) < 4.78 is 15.7. The van der Waals surface area contributed by atoms with Crippen molar-refractivity contribution in [2.75, 3.05) is 19.8 Å². The van der Waals surface area contributed by atoms with Gasteiger partial charge in [-0.05, 0) is 40.5 Å². The average Bonchev–Trinajstić information content (AvgIpc) is 3.44. The number of terminal acetylenes is 1. The number of nitrogens with zero attached hydrogens (tertiary/aromatic N) is 1. The smallest absolute Gasteiger partial charge is 0.314 e. The lowest BCUT2D eigenvalue weighted by molar-refractivity contribution is -0.171. The monoisotopic (exact) mass is 537 g/mol. The van der Waals surface area contributed by atoms with Gasteiger partial charge in [0.2, 0.25) is 11.8 Å². The number of amides is 2. The fraction of sp³-hybridized carbons (Fsp3) is 0.680. The first-order chi connectivity index (χ1) is 15.7. The van der Waals surface area contributed by atoms with Gasteiger partial charge in [-0.2, -0.15) is 0 Å². The van der Waals surface area contributed by atoms with E-state index in [1.165, 1.54) is 0 Å². The van der Waals surface area contributed by atoms with Gasteiger partial charge in [0, 0.05) is 4.32 Å². The second-order valence-electron chi connectivity index (χ2n) is 10.4. The molecule has 2 bridgehead atoms. The third kappa shape index (κ3) is 4.09. The molecule has 6 atom stereocenters. The van der Waals surface area contributed by atoms with Crippen LogP contribution in [0.1, 0.15) is 41.5 Å². The number of halogens is 1. The van der Waals surface area contributed by atoms with Crippen LogP contribution in [0.5, 0.6) is 0 Å². The minimum Gasteiger partial charge on any atom is -0.463 e. The molecule has 34 heavy (non-hydrogen) atoms. The Morgan fingerprint density at radius 3 is 2.09 bits per heavy atom. The maximum Gasteiger partial charge on any atom is 0.314 e. The molecular formula is C25H32BrNO7. The van der Waals surface area contributed by atoms with Gasteiger partial charge in [-0.15, -0.1) is 6.42 Å². The molecular weight excluding hydrogens is 506 g/mol. The fourth-order valence-corrected chi connectivity index (χ4v) is 5.60. The summed E-state index contributed by atoms with van der Waals surface area (Å²) in [7, 11) is 0. The van der Waals surface area contributed by atoms with Crippen LogP contribution < -0.4 is 0 Å². The van der Waals surface area contributed by atoms with Crippen molar-refractivity contribution in [3.63, 3.8) is 0 Å². The van der Waals surface area contributed by atoms with E-state index in [1.807, 2.05) is 26.0 Å². The number of likely N-dealkylation sites (tertiary alicyclic amines) is 1. The topological polar surface area (TPSA) is 99.2 Å². The maximum atomic E-state index is 13.1. The zero-order chi connectivity index (χ0) is 25.6. The summed E-state index contributed by atoms with van der Waals surface area (Å²) >= 11 is 3.58. The summed E-state index contributed by atoms with van der Waals surface area (Å²) in [6.45, 7) is 10.2. The Hall–Kier alpha value is -2.18. The van der Waals surface area contributed by atoms with E-state index >= 15 is 0 Å². The molecule has 6 unspecified atom stereocenters. The first kappa shape index (κ1) is 26.4. The summed E-state index contributed by atoms with van der Waals surface area (Å²) in [6.07, 6.45) is 8.15. The molecule has 3 aliphatic rings. The van der Waals surface area contributed by atoms with E-state index in [1.54, 1.807) is 27.7 Å². The highest BCUT2D eigenvalue weighted by Gasteiger charge is 2.61. The second kappa shape index (κ2) is 9.12. The van der Waals surface area contributed by atoms with Gasteiger partial charge in [0.05, 0.1) is 41.4 Å². The van der Waals surface area contributed by atoms with E-state index < -0.39 is 44.8 Å². The average molecular weight is 538 g/mol. The number of imide groups is 1. The Balaban J connectivity index is 1.65. The fourth-order valence-electron chi connectivity index (χ4n) is 5.09. The number of rotatable bonds is 9. The number of esters is 2. The Kier molecular flexibility index (Phi) is 7.09. The molecule has 8 nitrogen and oxygen atoms in total. The molecule has 3 heterocycles. The van der Waals surface area contributed by atoms with Crippen molar-refractivity contribution in [1.82, 2.24) is 4.90 Å². The molecule has 0 radical (unpaired) electrons. The summed E-state index contributed by atoms with van der Waals surface area (Å²) in [6, 6.07) is 0. The number of alkyl halides is 1. The predicted molar refractivity (Wildman–Crippen MR) is 126 cm³/mol. The Morgan fingerprint density at radius 1 is 1.09 bits per heavy atom. The first-order valence-corrected chi connectivity index (χ1v) is 12.1. The molecule has 2 amide bonds. The minimum atomic E-state index is -1.13. The molecule has 0 aromatic carbocycles. The van der Waals surface area contributed by atoms with Crippen LogP contribution in [0.25, 0.3) is 0 Å². The van der Waals surface area contributed by atoms with Crippen LogP contribution in [0.4, 0.5) is 0 Å². The lowest BCUT2D eigenvalue weighted by Gasteiger charge is -2.47. The van der Waals surface area contributed by atoms with Crippen LogP contribution in [0.3, 0.4) is 0 Å². The Labute approximate surface area is 208 Å². The summed E-state index contributed by atoms with van der Waals surface area (Å²) in [4.78, 5) is 52.8. The van der Waals surface area contributed by atoms with Gasteiger partial charge in [-0.3, -0.25) is 24.1 Å². The molecule has 0 saturated carbocycles. The van der Waals surface area contributed by atoms with Crippen LogP contribution in [0.15, 0.2) is 12.2 Å². The zero-order valence-corrected chi connectivity index (χ0v) is 22.0. The van der Waals surface area contributed by atoms with Crippen molar-refractivity contribution < 1.29 is 33.4 Å². The van der Waals surface area contributed by atoms with Gasteiger partial charge < -0.3 is 14.2 Å². The van der Waals surface area contributed by atoms with E-state index in [0.717, 1.165) is 4.90 Å². The van der Waals surface area contributed by atoms with Crippen molar-refractivity contribution >= 4 is 39.7 Å². The summed E-state index contributed by atoms with van der Waals surface area (Å²) in [5.41, 5.74) is -2.22. The number of carbonyl (C=O) groups excluding carboxylic acids is 4. The molecule has 3 aliphatic heterocycles. The number of hydrogen-bond acceptors (Lipinski definition) is 7. The van der Waals surface area contributed by atoms with E-state index in [2.05, 4.69) is 21.9 Å². The molecule has 0 N–H and O–H groups in total. The second-order valence-corrected chi connectivity index (χ2v) is 12.3. The molecule has 186 valence electrons. The summed E-state index contributed by atoms with van der Waals surface area (Å²) in [5.74, 6) is -0.880. The first-order valence-electron chi connectivity index (χ1n) is 11.4. The Bertz CT molecular complexity index is 929. The quantitative estimate of drug-likeness (QED) is 0.146. The van der Waals surface area contributed by atoms with Crippen LogP contribution in [-0.4, -0.2) is 64.9 Å². The number of ether oxygens (including phenoxy) is 3. The van der Waals surface area contributed by atoms with E-state index in [9.17, 15) is 19.2 Å². The molecule has 2 saturated heterocycles. The minimum absolute atomic E-state index is 0.0221. The maximum absolute atomic E-state index is 13.1. The highest BCUT2D eigenvalue weighted by atomic mass is 79.9. The molecule has 9 heteroatoms. The molecule has 0 aromatic heterocycles. The van der Waals surface area contributed by atoms with Crippen molar-refractivity contribution in [3.8, 4) is 12.3 Å². The number of carbonyl (C=O) groups is 4. The van der Waals surface area contributed by atoms with E-state index in [4.69, 9.17) is 20.6 Å². The lowest BCUT2D eigenvalue weighted by Crippen LogP contribution is -2.55. The highest BCUT2D eigenvalue weighted by Crippen LogP contribution is 2.52. The SMILES string of the molecule is C#CCOC(=O)C(C)(C(C)C(C)(C)C(=O)OCCN1C(=O)C2C3C=CC(O3)C2C1=O)C(C)(C)Br. The third-order valence-corrected chi connectivity index (χ3v) is 8.79. The van der Waals surface area contributed by atoms with Gasteiger partial charge >= 0.3 is 11.9 Å². The predicted octanol–water partition coefficient (Wildman–Crippen LogP) is 2.49. The number of fused-ring (bicyclic) bond motifs is 5. The largest absolute Gasteiger partial charge is 0.463 e. The third-order valence-electron chi connectivity index (χ3n) is 7.97. The van der Waals surface area contributed by atoms with Crippen LogP contribution >= 0.6 is 15.9 Å². The lowest BCUT2D eigenvalue weighted by atomic mass is 9.60. The van der Waals surface area contributed by atoms with Gasteiger partial charge in [0.15, 0.2) is 6.61 Å². The molecule has 0 aliphatic carbocycles. The molecule has 3 rings (SSSR count). The summed E-state index contributed by atoms with van der Waals surface area (Å²) in [5, 5.41) is 0. The molecule has 0 aromatic rings. The van der Waals surface area contributed by atoms with Gasteiger partial charge in [-0.1, -0.05) is 40.9 Å². The Morgan fingerprint density at radius 2 is 1.62 bits per heavy atom. The van der Waals surface area contributed by atoms with E-state index in [0.29, 0.717) is 0 Å². The van der Waals surface area contributed by atoms with Crippen molar-refractivity contribution in [2.45, 2.75) is 58.1 Å². The normalized spacial score (nSPS) is 28.4. The highest BCUT2D eigenvalue weighted by molar-refractivity contribution is 9.10. The van der Waals surface area contributed by atoms with Crippen molar-refractivity contribution in [3.05, 3.63) is 12.2 Å². The van der Waals surface area contributed by atoms with E-state index in [-0.39, 0.29) is 43.8 Å². The van der Waals surface area contributed by atoms with Crippen LogP contribution in [0, 0.1) is 40.9 Å². The standard InChI is InChI=1S/C25H32BrNO7/c1-8-12-32-22(31)25(7,24(5,6)26)14(2)23(3,4)21(30)33-13-11-27-19(28)17-15-9-10-16(34-15)18(17)20(27)29/h1,9-10,14-18H,11-13H2,2-7H3. The van der Waals surface area contributed by atoms with Crippen molar-refractivity contribution in [1.29, 1.82) is 0 Å². The molecule has 2 fully saturated rings. The molecule has 0 spiro atoms. The van der Waals surface area contributed by atoms with Gasteiger partial charge in [0.1, 0.15) is 6.61 Å². The number of hydrogen-bond donors (Lipinski definition) is 0. The van der Waals surface area contributed by atoms with Gasteiger partial charge in [0.25, 0.3) is 0 Å². The van der Waals surface area contributed by atoms with Crippen LogP contribution in [-0.2, 0) is 33.4 Å². The van der Waals surface area contributed by atoms with Gasteiger partial charge in [-0.25, -0.2) is 0 Å².